The van der Waals surface area contributed by atoms with Gasteiger partial charge in [-0.05, 0) is 19.1 Å². The van der Waals surface area contributed by atoms with Crippen LogP contribution in [0, 0.1) is 0 Å². The van der Waals surface area contributed by atoms with Crippen molar-refractivity contribution in [1.29, 1.82) is 0 Å². The summed E-state index contributed by atoms with van der Waals surface area (Å²) in [6.07, 6.45) is 0. The zero-order valence-corrected chi connectivity index (χ0v) is 10.9. The highest BCUT2D eigenvalue weighted by Crippen LogP contribution is 2.29. The molecule has 0 amide bonds. The van der Waals surface area contributed by atoms with E-state index in [-0.39, 0.29) is 17.0 Å². The molecule has 6 heteroatoms. The van der Waals surface area contributed by atoms with Crippen molar-refractivity contribution in [2.45, 2.75) is 24.8 Å². The van der Waals surface area contributed by atoms with Crippen molar-refractivity contribution in [3.63, 3.8) is 0 Å². The van der Waals surface area contributed by atoms with E-state index < -0.39 is 27.6 Å². The molecule has 0 radical (unpaired) electrons. The Morgan fingerprint density at radius 3 is 2.50 bits per heavy atom. The second-order valence-electron chi connectivity index (χ2n) is 4.08. The minimum Gasteiger partial charge on any atom is -0.298 e. The molecule has 1 heterocycles. The minimum atomic E-state index is -3.77. The molecule has 1 atom stereocenters. The van der Waals surface area contributed by atoms with Crippen LogP contribution in [-0.4, -0.2) is 36.9 Å². The van der Waals surface area contributed by atoms with Crippen LogP contribution in [0.4, 0.5) is 0 Å². The molecule has 0 fully saturated rings. The summed E-state index contributed by atoms with van der Waals surface area (Å²) in [6.45, 7) is 2.93. The third-order valence-electron chi connectivity index (χ3n) is 2.97. The lowest BCUT2D eigenvalue weighted by Crippen LogP contribution is -2.52. The number of likely N-dealkylation sites (N-methyl/N-ethyl adjacent to an activating group) is 1. The van der Waals surface area contributed by atoms with E-state index in [1.165, 1.54) is 19.1 Å². The SMILES string of the molecule is CCN1C(C(C)=O)C(=O)c2ccccc2S1(=O)=O. The van der Waals surface area contributed by atoms with Crippen molar-refractivity contribution in [2.24, 2.45) is 0 Å². The molecular weight excluding hydrogens is 254 g/mol. The summed E-state index contributed by atoms with van der Waals surface area (Å²) >= 11 is 0. The van der Waals surface area contributed by atoms with E-state index in [9.17, 15) is 18.0 Å². The fraction of sp³-hybridized carbons (Fsp3) is 0.333. The molecule has 0 saturated carbocycles. The van der Waals surface area contributed by atoms with Crippen LogP contribution in [0.25, 0.3) is 0 Å². The van der Waals surface area contributed by atoms with Crippen LogP contribution in [0.3, 0.4) is 0 Å². The first-order valence-electron chi connectivity index (χ1n) is 5.56. The molecule has 18 heavy (non-hydrogen) atoms. The molecule has 5 nitrogen and oxygen atoms in total. The predicted molar refractivity (Wildman–Crippen MR) is 64.8 cm³/mol. The maximum Gasteiger partial charge on any atom is 0.244 e. The number of fused-ring (bicyclic) bond motifs is 1. The number of carbonyl (C=O) groups is 2. The largest absolute Gasteiger partial charge is 0.298 e. The fourth-order valence-corrected chi connectivity index (χ4v) is 3.99. The molecular formula is C12H13NO4S. The normalized spacial score (nSPS) is 22.6. The van der Waals surface area contributed by atoms with Gasteiger partial charge in [0.2, 0.25) is 10.0 Å². The van der Waals surface area contributed by atoms with Gasteiger partial charge in [-0.3, -0.25) is 9.59 Å². The number of hydrogen-bond donors (Lipinski definition) is 0. The summed E-state index contributed by atoms with van der Waals surface area (Å²) in [6, 6.07) is 4.76. The first-order chi connectivity index (χ1) is 8.41. The van der Waals surface area contributed by atoms with Crippen LogP contribution in [0.15, 0.2) is 29.2 Å². The quantitative estimate of drug-likeness (QED) is 0.745. The molecule has 0 bridgehead atoms. The van der Waals surface area contributed by atoms with Crippen LogP contribution in [0.1, 0.15) is 24.2 Å². The maximum absolute atomic E-state index is 12.3. The summed E-state index contributed by atoms with van der Waals surface area (Å²) < 4.78 is 25.6. The summed E-state index contributed by atoms with van der Waals surface area (Å²) in [5.41, 5.74) is 0.0994. The van der Waals surface area contributed by atoms with Gasteiger partial charge in [0.1, 0.15) is 6.04 Å². The van der Waals surface area contributed by atoms with Gasteiger partial charge in [-0.1, -0.05) is 19.1 Å². The number of nitrogens with zero attached hydrogens (tertiary/aromatic N) is 1. The molecule has 0 aromatic heterocycles. The number of sulfonamides is 1. The van der Waals surface area contributed by atoms with E-state index in [0.29, 0.717) is 0 Å². The van der Waals surface area contributed by atoms with Gasteiger partial charge < -0.3 is 0 Å². The second-order valence-corrected chi connectivity index (χ2v) is 5.94. The molecule has 0 aliphatic carbocycles. The van der Waals surface area contributed by atoms with Gasteiger partial charge in [0.25, 0.3) is 0 Å². The number of Topliss-reactive ketones (excluding diaryl/α,β-unsaturated/α-hetero) is 2. The van der Waals surface area contributed by atoms with Crippen molar-refractivity contribution >= 4 is 21.6 Å². The van der Waals surface area contributed by atoms with E-state index in [2.05, 4.69) is 0 Å². The lowest BCUT2D eigenvalue weighted by atomic mass is 10.0. The van der Waals surface area contributed by atoms with Gasteiger partial charge >= 0.3 is 0 Å². The Balaban J connectivity index is 2.75. The Kier molecular flexibility index (Phi) is 3.08. The molecule has 1 unspecified atom stereocenters. The van der Waals surface area contributed by atoms with Gasteiger partial charge in [-0.2, -0.15) is 4.31 Å². The van der Waals surface area contributed by atoms with Gasteiger partial charge in [0.05, 0.1) is 4.90 Å². The predicted octanol–water partition coefficient (Wildman–Crippen LogP) is 0.851. The summed E-state index contributed by atoms with van der Waals surface area (Å²) in [4.78, 5) is 23.7. The molecule has 2 rings (SSSR count). The first-order valence-corrected chi connectivity index (χ1v) is 7.00. The smallest absolute Gasteiger partial charge is 0.244 e. The number of rotatable bonds is 2. The summed E-state index contributed by atoms with van der Waals surface area (Å²) in [5.74, 6) is -0.908. The molecule has 1 aliphatic heterocycles. The molecule has 0 N–H and O–H groups in total. The minimum absolute atomic E-state index is 0.0191. The van der Waals surface area contributed by atoms with Crippen LogP contribution in [-0.2, 0) is 14.8 Å². The van der Waals surface area contributed by atoms with Crippen LogP contribution in [0.2, 0.25) is 0 Å². The molecule has 1 aromatic carbocycles. The number of benzene rings is 1. The first kappa shape index (κ1) is 12.9. The van der Waals surface area contributed by atoms with Crippen LogP contribution in [0.5, 0.6) is 0 Å². The standard InChI is InChI=1S/C12H13NO4S/c1-3-13-11(8(2)14)12(15)9-6-4-5-7-10(9)18(13,16)17/h4-7,11H,3H2,1-2H3. The molecule has 1 aliphatic rings. The molecule has 1 aromatic rings. The highest BCUT2D eigenvalue weighted by atomic mass is 32.2. The van der Waals surface area contributed by atoms with Gasteiger partial charge in [-0.25, -0.2) is 8.42 Å². The van der Waals surface area contributed by atoms with E-state index in [1.54, 1.807) is 19.1 Å². The molecule has 0 saturated heterocycles. The fourth-order valence-electron chi connectivity index (χ4n) is 2.18. The Morgan fingerprint density at radius 2 is 1.94 bits per heavy atom. The van der Waals surface area contributed by atoms with Crippen molar-refractivity contribution in [3.8, 4) is 0 Å². The van der Waals surface area contributed by atoms with Crippen molar-refractivity contribution in [3.05, 3.63) is 29.8 Å². The molecule has 96 valence electrons. The third kappa shape index (κ3) is 1.69. The van der Waals surface area contributed by atoms with E-state index in [4.69, 9.17) is 0 Å². The Morgan fingerprint density at radius 1 is 1.33 bits per heavy atom. The monoisotopic (exact) mass is 267 g/mol. The highest BCUT2D eigenvalue weighted by Gasteiger charge is 2.44. The summed E-state index contributed by atoms with van der Waals surface area (Å²) in [5, 5.41) is 0. The average molecular weight is 267 g/mol. The lowest BCUT2D eigenvalue weighted by Gasteiger charge is -2.32. The number of carbonyl (C=O) groups excluding carboxylic acids is 2. The number of hydrogen-bond acceptors (Lipinski definition) is 4. The van der Waals surface area contributed by atoms with Gasteiger partial charge in [0.15, 0.2) is 11.6 Å². The van der Waals surface area contributed by atoms with Crippen molar-refractivity contribution in [1.82, 2.24) is 4.31 Å². The van der Waals surface area contributed by atoms with E-state index in [1.807, 2.05) is 0 Å². The highest BCUT2D eigenvalue weighted by molar-refractivity contribution is 7.89. The van der Waals surface area contributed by atoms with E-state index >= 15 is 0 Å². The maximum atomic E-state index is 12.3. The van der Waals surface area contributed by atoms with E-state index in [0.717, 1.165) is 4.31 Å². The van der Waals surface area contributed by atoms with Crippen molar-refractivity contribution < 1.29 is 18.0 Å². The lowest BCUT2D eigenvalue weighted by molar-refractivity contribution is -0.119. The van der Waals surface area contributed by atoms with Crippen molar-refractivity contribution in [2.75, 3.05) is 6.54 Å². The Bertz CT molecular complexity index is 621. The average Bonchev–Trinajstić information content (AvgIpc) is 2.33. The molecule has 0 spiro atoms. The Labute approximate surface area is 105 Å². The zero-order chi connectivity index (χ0) is 13.5. The second kappa shape index (κ2) is 4.29. The van der Waals surface area contributed by atoms with Gasteiger partial charge in [-0.15, -0.1) is 0 Å². The Hall–Kier alpha value is -1.53. The van der Waals surface area contributed by atoms with Crippen LogP contribution < -0.4 is 0 Å². The summed E-state index contributed by atoms with van der Waals surface area (Å²) in [7, 11) is -3.77. The number of ketones is 2. The topological polar surface area (TPSA) is 71.5 Å². The van der Waals surface area contributed by atoms with Gasteiger partial charge in [0, 0.05) is 12.1 Å². The zero-order valence-electron chi connectivity index (χ0n) is 10.1. The van der Waals surface area contributed by atoms with Crippen LogP contribution >= 0.6 is 0 Å². The third-order valence-corrected chi connectivity index (χ3v) is 4.97.